The number of benzene rings is 1. The molecule has 1 atom stereocenters. The molecule has 1 aromatic carbocycles. The second kappa shape index (κ2) is 4.96. The molecule has 3 rings (SSSR count). The van der Waals surface area contributed by atoms with Crippen molar-refractivity contribution in [1.82, 2.24) is 9.78 Å². The number of halogens is 1. The summed E-state index contributed by atoms with van der Waals surface area (Å²) in [7, 11) is 0. The topological polar surface area (TPSA) is 57.0 Å². The Hall–Kier alpha value is -1.78. The molecule has 0 bridgehead atoms. The van der Waals surface area contributed by atoms with Crippen molar-refractivity contribution in [2.75, 3.05) is 0 Å². The predicted octanol–water partition coefficient (Wildman–Crippen LogP) is 3.91. The molecule has 0 spiro atoms. The predicted molar refractivity (Wildman–Crippen MR) is 79.9 cm³/mol. The fourth-order valence-electron chi connectivity index (χ4n) is 2.34. The van der Waals surface area contributed by atoms with E-state index in [0.717, 1.165) is 16.7 Å². The molecule has 0 saturated carbocycles. The average Bonchev–Trinajstić information content (AvgIpc) is 3.01. The van der Waals surface area contributed by atoms with Gasteiger partial charge in [-0.15, -0.1) is 0 Å². The van der Waals surface area contributed by atoms with Crippen LogP contribution in [0.2, 0.25) is 5.02 Å². The van der Waals surface area contributed by atoms with Crippen LogP contribution in [0, 0.1) is 0 Å². The molecule has 0 aliphatic rings. The zero-order valence-electron chi connectivity index (χ0n) is 11.4. The molecular formula is C15H16ClN3O. The quantitative estimate of drug-likeness (QED) is 0.795. The first-order valence-electron chi connectivity index (χ1n) is 6.55. The summed E-state index contributed by atoms with van der Waals surface area (Å²) in [5.41, 5.74) is 7.93. The first-order chi connectivity index (χ1) is 9.58. The van der Waals surface area contributed by atoms with Crippen molar-refractivity contribution in [1.29, 1.82) is 0 Å². The minimum absolute atomic E-state index is 0.188. The highest BCUT2D eigenvalue weighted by atomic mass is 35.5. The van der Waals surface area contributed by atoms with Crippen LogP contribution >= 0.6 is 11.6 Å². The molecule has 5 heteroatoms. The number of fused-ring (bicyclic) bond motifs is 1. The van der Waals surface area contributed by atoms with E-state index in [1.807, 2.05) is 48.9 Å². The summed E-state index contributed by atoms with van der Waals surface area (Å²) in [4.78, 5) is 0. The SMILES string of the molecule is CC(C)n1ncc(Cl)c1C(N)c1cc2ccccc2o1. The van der Waals surface area contributed by atoms with Crippen molar-refractivity contribution in [2.45, 2.75) is 25.9 Å². The maximum absolute atomic E-state index is 6.33. The van der Waals surface area contributed by atoms with Gasteiger partial charge in [-0.3, -0.25) is 4.68 Å². The Balaban J connectivity index is 2.08. The monoisotopic (exact) mass is 289 g/mol. The lowest BCUT2D eigenvalue weighted by atomic mass is 10.1. The second-order valence-corrected chi connectivity index (χ2v) is 5.49. The van der Waals surface area contributed by atoms with Gasteiger partial charge in [-0.05, 0) is 26.0 Å². The first kappa shape index (κ1) is 13.2. The van der Waals surface area contributed by atoms with Crippen LogP contribution in [-0.2, 0) is 0 Å². The molecule has 2 heterocycles. The number of hydrogen-bond donors (Lipinski definition) is 1. The number of para-hydroxylation sites is 1. The first-order valence-corrected chi connectivity index (χ1v) is 6.92. The summed E-state index contributed by atoms with van der Waals surface area (Å²) in [5, 5.41) is 5.87. The minimum Gasteiger partial charge on any atom is -0.459 e. The molecule has 2 N–H and O–H groups in total. The van der Waals surface area contributed by atoms with Gasteiger partial charge in [-0.25, -0.2) is 0 Å². The van der Waals surface area contributed by atoms with Crippen LogP contribution in [0.3, 0.4) is 0 Å². The molecule has 0 radical (unpaired) electrons. The van der Waals surface area contributed by atoms with Gasteiger partial charge in [-0.1, -0.05) is 29.8 Å². The summed E-state index contributed by atoms with van der Waals surface area (Å²) >= 11 is 6.23. The molecule has 1 unspecified atom stereocenters. The maximum atomic E-state index is 6.33. The van der Waals surface area contributed by atoms with Gasteiger partial charge in [0.25, 0.3) is 0 Å². The lowest BCUT2D eigenvalue weighted by Gasteiger charge is -2.15. The lowest BCUT2D eigenvalue weighted by Crippen LogP contribution is -2.18. The fourth-order valence-corrected chi connectivity index (χ4v) is 2.59. The molecule has 2 aromatic heterocycles. The average molecular weight is 290 g/mol. The van der Waals surface area contributed by atoms with Gasteiger partial charge in [0.05, 0.1) is 16.9 Å². The normalized spacial score (nSPS) is 13.2. The van der Waals surface area contributed by atoms with Crippen molar-refractivity contribution < 1.29 is 4.42 Å². The second-order valence-electron chi connectivity index (χ2n) is 5.08. The highest BCUT2D eigenvalue weighted by Gasteiger charge is 2.22. The molecule has 0 fully saturated rings. The molecule has 20 heavy (non-hydrogen) atoms. The number of nitrogens with zero attached hydrogens (tertiary/aromatic N) is 2. The zero-order chi connectivity index (χ0) is 14.3. The van der Waals surface area contributed by atoms with Crippen molar-refractivity contribution in [3.05, 3.63) is 53.0 Å². The highest BCUT2D eigenvalue weighted by molar-refractivity contribution is 6.31. The van der Waals surface area contributed by atoms with E-state index >= 15 is 0 Å². The van der Waals surface area contributed by atoms with Crippen molar-refractivity contribution in [2.24, 2.45) is 5.73 Å². The molecule has 0 aliphatic carbocycles. The standard InChI is InChI=1S/C15H16ClN3O/c1-9(2)19-15(11(16)8-18-19)14(17)13-7-10-5-3-4-6-12(10)20-13/h3-9,14H,17H2,1-2H3. The van der Waals surface area contributed by atoms with Gasteiger partial charge in [0.2, 0.25) is 0 Å². The van der Waals surface area contributed by atoms with E-state index in [2.05, 4.69) is 5.10 Å². The fraction of sp³-hybridized carbons (Fsp3) is 0.267. The molecule has 0 amide bonds. The van der Waals surface area contributed by atoms with Crippen molar-refractivity contribution >= 4 is 22.6 Å². The zero-order valence-corrected chi connectivity index (χ0v) is 12.1. The molecule has 3 aromatic rings. The van der Waals surface area contributed by atoms with Crippen LogP contribution in [0.4, 0.5) is 0 Å². The Morgan fingerprint density at radius 2 is 2.05 bits per heavy atom. The Kier molecular flexibility index (Phi) is 3.28. The van der Waals surface area contributed by atoms with Crippen molar-refractivity contribution in [3.8, 4) is 0 Å². The Morgan fingerprint density at radius 1 is 1.30 bits per heavy atom. The van der Waals surface area contributed by atoms with E-state index in [1.165, 1.54) is 0 Å². The number of hydrogen-bond acceptors (Lipinski definition) is 3. The number of rotatable bonds is 3. The van der Waals surface area contributed by atoms with E-state index in [0.29, 0.717) is 10.8 Å². The van der Waals surface area contributed by atoms with Gasteiger partial charge < -0.3 is 10.2 Å². The van der Waals surface area contributed by atoms with Gasteiger partial charge in [0.15, 0.2) is 0 Å². The van der Waals surface area contributed by atoms with Crippen LogP contribution in [0.25, 0.3) is 11.0 Å². The minimum atomic E-state index is -0.431. The summed E-state index contributed by atoms with van der Waals surface area (Å²) in [6.45, 7) is 4.08. The largest absolute Gasteiger partial charge is 0.459 e. The molecule has 0 saturated heterocycles. The van der Waals surface area contributed by atoms with Crippen LogP contribution < -0.4 is 5.73 Å². The summed E-state index contributed by atoms with van der Waals surface area (Å²) < 4.78 is 7.65. The molecule has 104 valence electrons. The van der Waals surface area contributed by atoms with Crippen LogP contribution in [0.1, 0.15) is 37.4 Å². The summed E-state index contributed by atoms with van der Waals surface area (Å²) in [6.07, 6.45) is 1.62. The van der Waals surface area contributed by atoms with E-state index in [4.69, 9.17) is 21.8 Å². The number of aromatic nitrogens is 2. The van der Waals surface area contributed by atoms with Crippen LogP contribution in [0.15, 0.2) is 40.9 Å². The third-order valence-corrected chi connectivity index (χ3v) is 3.61. The van der Waals surface area contributed by atoms with Crippen molar-refractivity contribution in [3.63, 3.8) is 0 Å². The third kappa shape index (κ3) is 2.11. The maximum Gasteiger partial charge on any atom is 0.134 e. The highest BCUT2D eigenvalue weighted by Crippen LogP contribution is 2.31. The smallest absolute Gasteiger partial charge is 0.134 e. The number of nitrogens with two attached hydrogens (primary N) is 1. The number of furan rings is 1. The summed E-state index contributed by atoms with van der Waals surface area (Å²) in [6, 6.07) is 9.54. The Bertz CT molecular complexity index is 711. The van der Waals surface area contributed by atoms with Gasteiger partial charge in [0.1, 0.15) is 17.4 Å². The van der Waals surface area contributed by atoms with Crippen LogP contribution in [-0.4, -0.2) is 9.78 Å². The van der Waals surface area contributed by atoms with E-state index < -0.39 is 6.04 Å². The van der Waals surface area contributed by atoms with Crippen LogP contribution in [0.5, 0.6) is 0 Å². The van der Waals surface area contributed by atoms with Gasteiger partial charge in [0, 0.05) is 11.4 Å². The molecule has 0 aliphatic heterocycles. The Labute approximate surface area is 122 Å². The summed E-state index contributed by atoms with van der Waals surface area (Å²) in [5.74, 6) is 0.690. The van der Waals surface area contributed by atoms with E-state index in [9.17, 15) is 0 Å². The van der Waals surface area contributed by atoms with E-state index in [-0.39, 0.29) is 6.04 Å². The molecular weight excluding hydrogens is 274 g/mol. The van der Waals surface area contributed by atoms with Gasteiger partial charge >= 0.3 is 0 Å². The third-order valence-electron chi connectivity index (χ3n) is 3.32. The molecule has 4 nitrogen and oxygen atoms in total. The lowest BCUT2D eigenvalue weighted by molar-refractivity contribution is 0.467. The van der Waals surface area contributed by atoms with Gasteiger partial charge in [-0.2, -0.15) is 5.10 Å². The Morgan fingerprint density at radius 3 is 2.75 bits per heavy atom. The van der Waals surface area contributed by atoms with E-state index in [1.54, 1.807) is 6.20 Å².